The molecule has 0 bridgehead atoms. The van der Waals surface area contributed by atoms with Crippen molar-refractivity contribution in [2.24, 2.45) is 0 Å². The molecule has 0 unspecified atom stereocenters. The molecule has 2 aromatic rings. The predicted molar refractivity (Wildman–Crippen MR) is 98.5 cm³/mol. The van der Waals surface area contributed by atoms with Crippen LogP contribution in [0.25, 0.3) is 11.5 Å². The van der Waals surface area contributed by atoms with Gasteiger partial charge in [0, 0.05) is 22.4 Å². The largest absolute Gasteiger partial charge is 0.441 e. The van der Waals surface area contributed by atoms with Crippen LogP contribution < -0.4 is 5.32 Å². The molecule has 0 saturated heterocycles. The fraction of sp³-hybridized carbons (Fsp3) is 0.474. The van der Waals surface area contributed by atoms with Crippen LogP contribution in [0.5, 0.6) is 0 Å². The lowest BCUT2D eigenvalue weighted by Crippen LogP contribution is -2.35. The molecule has 1 fully saturated rings. The first-order valence-electron chi connectivity index (χ1n) is 8.69. The summed E-state index contributed by atoms with van der Waals surface area (Å²) >= 11 is 0. The highest BCUT2D eigenvalue weighted by Gasteiger charge is 2.20. The molecule has 134 valence electrons. The smallest absolute Gasteiger partial charge is 0.232 e. The number of hydrogen-bond donors (Lipinski definition) is 1. The summed E-state index contributed by atoms with van der Waals surface area (Å²) < 4.78 is 18.1. The second kappa shape index (κ2) is 7.95. The number of oxazole rings is 1. The van der Waals surface area contributed by atoms with Crippen LogP contribution in [0.1, 0.15) is 42.7 Å². The van der Waals surface area contributed by atoms with Crippen LogP contribution in [0, 0.1) is 13.8 Å². The van der Waals surface area contributed by atoms with E-state index in [0.29, 0.717) is 17.3 Å². The van der Waals surface area contributed by atoms with Crippen LogP contribution in [0.3, 0.4) is 0 Å². The van der Waals surface area contributed by atoms with Gasteiger partial charge in [0.1, 0.15) is 11.5 Å². The maximum absolute atomic E-state index is 12.3. The van der Waals surface area contributed by atoms with Gasteiger partial charge in [-0.3, -0.25) is 9.00 Å². The number of carbonyl (C=O) groups excluding carboxylic acids is 1. The van der Waals surface area contributed by atoms with Crippen molar-refractivity contribution in [2.75, 3.05) is 5.75 Å². The summed E-state index contributed by atoms with van der Waals surface area (Å²) in [5.41, 5.74) is 2.67. The minimum Gasteiger partial charge on any atom is -0.441 e. The Kier molecular flexibility index (Phi) is 5.68. The van der Waals surface area contributed by atoms with Crippen molar-refractivity contribution < 1.29 is 13.4 Å². The highest BCUT2D eigenvalue weighted by molar-refractivity contribution is 7.84. The van der Waals surface area contributed by atoms with Gasteiger partial charge in [-0.2, -0.15) is 0 Å². The minimum absolute atomic E-state index is 0.0164. The van der Waals surface area contributed by atoms with Gasteiger partial charge < -0.3 is 9.73 Å². The third kappa shape index (κ3) is 4.57. The van der Waals surface area contributed by atoms with E-state index >= 15 is 0 Å². The quantitative estimate of drug-likeness (QED) is 0.858. The third-order valence-electron chi connectivity index (χ3n) is 4.58. The van der Waals surface area contributed by atoms with Crippen LogP contribution in [0.4, 0.5) is 0 Å². The van der Waals surface area contributed by atoms with Gasteiger partial charge in [0.2, 0.25) is 11.8 Å². The van der Waals surface area contributed by atoms with Gasteiger partial charge in [0.15, 0.2) is 0 Å². The van der Waals surface area contributed by atoms with Gasteiger partial charge in [-0.25, -0.2) is 4.98 Å². The minimum atomic E-state index is -1.29. The van der Waals surface area contributed by atoms with E-state index in [0.717, 1.165) is 36.8 Å². The van der Waals surface area contributed by atoms with E-state index in [2.05, 4.69) is 10.3 Å². The Balaban J connectivity index is 1.61. The Hall–Kier alpha value is -1.95. The van der Waals surface area contributed by atoms with Gasteiger partial charge >= 0.3 is 0 Å². The van der Waals surface area contributed by atoms with Crippen molar-refractivity contribution in [3.63, 3.8) is 0 Å². The second-order valence-corrected chi connectivity index (χ2v) is 8.07. The molecule has 1 aliphatic carbocycles. The Morgan fingerprint density at radius 3 is 2.72 bits per heavy atom. The summed E-state index contributed by atoms with van der Waals surface area (Å²) in [5, 5.41) is 2.97. The van der Waals surface area contributed by atoms with Crippen molar-refractivity contribution >= 4 is 16.7 Å². The molecule has 25 heavy (non-hydrogen) atoms. The molecule has 0 aliphatic heterocycles. The molecule has 1 aromatic heterocycles. The molecule has 0 radical (unpaired) electrons. The number of rotatable bonds is 6. The van der Waals surface area contributed by atoms with Crippen molar-refractivity contribution in [2.45, 2.75) is 51.3 Å². The molecule has 0 spiro atoms. The molecular weight excluding hydrogens is 336 g/mol. The van der Waals surface area contributed by atoms with E-state index < -0.39 is 10.8 Å². The monoisotopic (exact) mass is 360 g/mol. The molecule has 1 saturated carbocycles. The lowest BCUT2D eigenvalue weighted by Gasteiger charge is -2.11. The van der Waals surface area contributed by atoms with Gasteiger partial charge in [0.25, 0.3) is 0 Å². The Bertz CT molecular complexity index is 779. The number of nitrogens with zero attached hydrogens (tertiary/aromatic N) is 1. The molecule has 1 heterocycles. The fourth-order valence-electron chi connectivity index (χ4n) is 3.18. The normalized spacial score (nSPS) is 16.1. The van der Waals surface area contributed by atoms with E-state index in [1.807, 2.05) is 38.1 Å². The van der Waals surface area contributed by atoms with Gasteiger partial charge in [-0.05, 0) is 38.3 Å². The van der Waals surface area contributed by atoms with E-state index in [4.69, 9.17) is 4.42 Å². The van der Waals surface area contributed by atoms with Crippen LogP contribution in [-0.2, 0) is 21.3 Å². The van der Waals surface area contributed by atoms with Crippen LogP contribution in [0.2, 0.25) is 0 Å². The molecule has 5 nitrogen and oxygen atoms in total. The van der Waals surface area contributed by atoms with Crippen LogP contribution in [-0.4, -0.2) is 26.9 Å². The highest BCUT2D eigenvalue weighted by Crippen LogP contribution is 2.25. The highest BCUT2D eigenvalue weighted by atomic mass is 32.2. The summed E-state index contributed by atoms with van der Waals surface area (Å²) in [4.78, 5) is 16.5. The molecule has 6 heteroatoms. The number of nitrogens with one attached hydrogen (secondary N) is 1. The fourth-order valence-corrected chi connectivity index (χ4v) is 4.23. The molecule has 1 amide bonds. The molecule has 1 atom stereocenters. The zero-order valence-electron chi connectivity index (χ0n) is 14.7. The molecule has 1 N–H and O–H groups in total. The standard InChI is InChI=1S/C19H24N2O3S/c1-13-7-3-6-10-16(13)19-21-17(14(2)24-19)11-25(23)12-18(22)20-15-8-4-5-9-15/h3,6-7,10,15H,4-5,8-9,11-12H2,1-2H3,(H,20,22)/t25-/m0/s1. The average molecular weight is 360 g/mol. The Morgan fingerprint density at radius 1 is 1.28 bits per heavy atom. The number of carbonyl (C=O) groups is 1. The Labute approximate surface area is 150 Å². The summed E-state index contributed by atoms with van der Waals surface area (Å²) in [6, 6.07) is 8.11. The zero-order valence-corrected chi connectivity index (χ0v) is 15.5. The van der Waals surface area contributed by atoms with Gasteiger partial charge in [-0.1, -0.05) is 31.0 Å². The lowest BCUT2D eigenvalue weighted by atomic mass is 10.1. The van der Waals surface area contributed by atoms with Crippen molar-refractivity contribution in [3.8, 4) is 11.5 Å². The van der Waals surface area contributed by atoms with Gasteiger partial charge in [0.05, 0.1) is 11.4 Å². The maximum atomic E-state index is 12.3. The number of hydrogen-bond acceptors (Lipinski definition) is 4. The first-order valence-corrected chi connectivity index (χ1v) is 10.2. The zero-order chi connectivity index (χ0) is 17.8. The first kappa shape index (κ1) is 17.9. The van der Waals surface area contributed by atoms with E-state index in [1.165, 1.54) is 0 Å². The van der Waals surface area contributed by atoms with E-state index in [-0.39, 0.29) is 23.5 Å². The predicted octanol–water partition coefficient (Wildman–Crippen LogP) is 3.27. The van der Waals surface area contributed by atoms with Crippen molar-refractivity contribution in [3.05, 3.63) is 41.3 Å². The van der Waals surface area contributed by atoms with Gasteiger partial charge in [-0.15, -0.1) is 0 Å². The first-order chi connectivity index (χ1) is 12.0. The van der Waals surface area contributed by atoms with E-state index in [1.54, 1.807) is 0 Å². The summed E-state index contributed by atoms with van der Waals surface area (Å²) in [6.45, 7) is 3.82. The summed E-state index contributed by atoms with van der Waals surface area (Å²) in [6.07, 6.45) is 4.38. The third-order valence-corrected chi connectivity index (χ3v) is 5.76. The molecular formula is C19H24N2O3S. The van der Waals surface area contributed by atoms with E-state index in [9.17, 15) is 9.00 Å². The van der Waals surface area contributed by atoms with Crippen molar-refractivity contribution in [1.82, 2.24) is 10.3 Å². The molecule has 1 aliphatic rings. The number of aryl methyl sites for hydroxylation is 2. The second-order valence-electron chi connectivity index (χ2n) is 6.61. The maximum Gasteiger partial charge on any atom is 0.232 e. The number of amides is 1. The Morgan fingerprint density at radius 2 is 2.00 bits per heavy atom. The SMILES string of the molecule is Cc1ccccc1-c1nc(C[S@](=O)CC(=O)NC2CCCC2)c(C)o1. The molecule has 3 rings (SSSR count). The summed E-state index contributed by atoms with van der Waals surface area (Å²) in [5.74, 6) is 1.31. The number of benzene rings is 1. The average Bonchev–Trinajstić information content (AvgIpc) is 3.18. The molecule has 1 aromatic carbocycles. The lowest BCUT2D eigenvalue weighted by molar-refractivity contribution is -0.119. The number of aromatic nitrogens is 1. The van der Waals surface area contributed by atoms with Crippen molar-refractivity contribution in [1.29, 1.82) is 0 Å². The topological polar surface area (TPSA) is 72.2 Å². The van der Waals surface area contributed by atoms with Crippen LogP contribution in [0.15, 0.2) is 28.7 Å². The summed E-state index contributed by atoms with van der Waals surface area (Å²) in [7, 11) is -1.29. The van der Waals surface area contributed by atoms with Crippen LogP contribution >= 0.6 is 0 Å².